The Kier molecular flexibility index (Phi) is 4.35. The van der Waals surface area contributed by atoms with Crippen LogP contribution < -0.4 is 15.0 Å². The number of azide groups is 1. The summed E-state index contributed by atoms with van der Waals surface area (Å²) in [5, 5.41) is 15.6. The van der Waals surface area contributed by atoms with Crippen molar-refractivity contribution in [3.8, 4) is 22.9 Å². The number of pyridine rings is 2. The van der Waals surface area contributed by atoms with Crippen molar-refractivity contribution in [1.82, 2.24) is 9.55 Å². The molecule has 0 saturated carbocycles. The van der Waals surface area contributed by atoms with Gasteiger partial charge in [0.1, 0.15) is 19.8 Å². The number of aromatic nitrogens is 2. The van der Waals surface area contributed by atoms with Crippen LogP contribution in [0.2, 0.25) is 0 Å². The molecule has 2 aromatic heterocycles. The molecule has 0 amide bonds. The highest BCUT2D eigenvalue weighted by Gasteiger charge is 2.45. The first kappa shape index (κ1) is 20.5. The van der Waals surface area contributed by atoms with E-state index < -0.39 is 11.6 Å². The summed E-state index contributed by atoms with van der Waals surface area (Å²) in [5.74, 6) is 0.365. The van der Waals surface area contributed by atoms with E-state index in [0.29, 0.717) is 41.6 Å². The largest absolute Gasteiger partial charge is 0.486 e. The minimum absolute atomic E-state index is 0.0560. The lowest BCUT2D eigenvalue weighted by molar-refractivity contribution is -0.172. The van der Waals surface area contributed by atoms with Crippen molar-refractivity contribution in [2.75, 3.05) is 13.2 Å². The SMILES string of the molecule is CC[C@@]1(O)C(=O)OCc2c1cc1n(c2=O)Cc2c-1nc1cc3c(cc1c2CN=[N+]=[N-])OCCO3. The third kappa shape index (κ3) is 2.68. The van der Waals surface area contributed by atoms with E-state index in [4.69, 9.17) is 24.7 Å². The Morgan fingerprint density at radius 2 is 1.94 bits per heavy atom. The third-order valence-electron chi connectivity index (χ3n) is 6.76. The van der Waals surface area contributed by atoms with Crippen molar-refractivity contribution in [3.63, 3.8) is 0 Å². The van der Waals surface area contributed by atoms with Crippen molar-refractivity contribution in [2.45, 2.75) is 38.6 Å². The smallest absolute Gasteiger partial charge is 0.343 e. The predicted octanol–water partition coefficient (Wildman–Crippen LogP) is 2.66. The molecule has 0 unspecified atom stereocenters. The van der Waals surface area contributed by atoms with Crippen LogP contribution in [-0.4, -0.2) is 33.8 Å². The van der Waals surface area contributed by atoms with Gasteiger partial charge in [0.15, 0.2) is 17.1 Å². The summed E-state index contributed by atoms with van der Waals surface area (Å²) in [5.41, 5.74) is 10.3. The van der Waals surface area contributed by atoms with Gasteiger partial charge in [-0.3, -0.25) is 4.79 Å². The van der Waals surface area contributed by atoms with E-state index in [1.807, 2.05) is 6.07 Å². The van der Waals surface area contributed by atoms with Gasteiger partial charge in [-0.05, 0) is 29.6 Å². The maximum Gasteiger partial charge on any atom is 0.343 e. The topological polar surface area (TPSA) is 149 Å². The molecule has 1 aromatic carbocycles. The monoisotopic (exact) mass is 461 g/mol. The Balaban J connectivity index is 1.64. The number of cyclic esters (lactones) is 1. The molecule has 3 aromatic rings. The fourth-order valence-electron chi connectivity index (χ4n) is 4.98. The van der Waals surface area contributed by atoms with Crippen LogP contribution in [0.25, 0.3) is 32.7 Å². The molecule has 5 heterocycles. The molecular weight excluding hydrogens is 442 g/mol. The van der Waals surface area contributed by atoms with E-state index in [1.54, 1.807) is 23.6 Å². The molecule has 0 spiro atoms. The zero-order valence-corrected chi connectivity index (χ0v) is 18.2. The van der Waals surface area contributed by atoms with Gasteiger partial charge in [0.2, 0.25) is 0 Å². The summed E-state index contributed by atoms with van der Waals surface area (Å²) in [4.78, 5) is 33.5. The molecule has 11 nitrogen and oxygen atoms in total. The maximum absolute atomic E-state index is 13.4. The summed E-state index contributed by atoms with van der Waals surface area (Å²) >= 11 is 0. The van der Waals surface area contributed by atoms with Gasteiger partial charge >= 0.3 is 5.97 Å². The molecule has 11 heteroatoms. The molecule has 3 aliphatic rings. The Morgan fingerprint density at radius 1 is 1.18 bits per heavy atom. The van der Waals surface area contributed by atoms with Crippen LogP contribution in [0.3, 0.4) is 0 Å². The first-order valence-electron chi connectivity index (χ1n) is 10.9. The molecule has 0 fully saturated rings. The van der Waals surface area contributed by atoms with E-state index in [9.17, 15) is 14.7 Å². The molecule has 0 aliphatic carbocycles. The summed E-state index contributed by atoms with van der Waals surface area (Å²) < 4.78 is 18.1. The van der Waals surface area contributed by atoms with Gasteiger partial charge in [0.25, 0.3) is 5.56 Å². The number of aliphatic hydroxyl groups is 1. The van der Waals surface area contributed by atoms with E-state index in [-0.39, 0.29) is 42.8 Å². The van der Waals surface area contributed by atoms with Crippen LogP contribution in [0.4, 0.5) is 0 Å². The molecule has 1 atom stereocenters. The molecule has 0 radical (unpaired) electrons. The van der Waals surface area contributed by atoms with Crippen molar-refractivity contribution in [1.29, 1.82) is 0 Å². The van der Waals surface area contributed by atoms with Crippen molar-refractivity contribution in [2.24, 2.45) is 5.11 Å². The number of hydrogen-bond acceptors (Lipinski definition) is 8. The van der Waals surface area contributed by atoms with Crippen LogP contribution in [0.15, 0.2) is 28.1 Å². The van der Waals surface area contributed by atoms with Crippen LogP contribution >= 0.6 is 0 Å². The Morgan fingerprint density at radius 3 is 2.68 bits per heavy atom. The van der Waals surface area contributed by atoms with Gasteiger partial charge in [0, 0.05) is 27.5 Å². The number of benzene rings is 1. The molecule has 0 saturated heterocycles. The number of ether oxygens (including phenoxy) is 3. The predicted molar refractivity (Wildman–Crippen MR) is 118 cm³/mol. The summed E-state index contributed by atoms with van der Waals surface area (Å²) in [6.07, 6.45) is 0.0609. The van der Waals surface area contributed by atoms with E-state index in [1.165, 1.54) is 0 Å². The Labute approximate surface area is 192 Å². The number of carbonyl (C=O) groups excluding carboxylic acids is 1. The molecule has 0 bridgehead atoms. The molecule has 172 valence electrons. The molecule has 6 rings (SSSR count). The maximum atomic E-state index is 13.4. The Bertz CT molecular complexity index is 1520. The van der Waals surface area contributed by atoms with Gasteiger partial charge in [-0.2, -0.15) is 0 Å². The highest BCUT2D eigenvalue weighted by molar-refractivity contribution is 5.91. The average molecular weight is 461 g/mol. The summed E-state index contributed by atoms with van der Waals surface area (Å²) in [6, 6.07) is 5.24. The number of fused-ring (bicyclic) bond motifs is 6. The first-order chi connectivity index (χ1) is 16.5. The van der Waals surface area contributed by atoms with Crippen LogP contribution in [0.5, 0.6) is 11.5 Å². The van der Waals surface area contributed by atoms with Crippen molar-refractivity contribution < 1.29 is 24.1 Å². The first-order valence-corrected chi connectivity index (χ1v) is 10.9. The number of hydrogen-bond donors (Lipinski definition) is 1. The minimum Gasteiger partial charge on any atom is -0.486 e. The van der Waals surface area contributed by atoms with Gasteiger partial charge < -0.3 is 23.9 Å². The van der Waals surface area contributed by atoms with Gasteiger partial charge in [-0.25, -0.2) is 9.78 Å². The second kappa shape index (κ2) is 7.21. The average Bonchev–Trinajstić information content (AvgIpc) is 3.22. The van der Waals surface area contributed by atoms with E-state index in [2.05, 4.69) is 10.0 Å². The van der Waals surface area contributed by atoms with Crippen LogP contribution in [0, 0.1) is 0 Å². The molecule has 3 aliphatic heterocycles. The lowest BCUT2D eigenvalue weighted by Crippen LogP contribution is -2.44. The van der Waals surface area contributed by atoms with Crippen LogP contribution in [0.1, 0.15) is 35.6 Å². The quantitative estimate of drug-likeness (QED) is 0.213. The van der Waals surface area contributed by atoms with Gasteiger partial charge in [0.05, 0.1) is 35.6 Å². The summed E-state index contributed by atoms with van der Waals surface area (Å²) in [7, 11) is 0. The van der Waals surface area contributed by atoms with E-state index in [0.717, 1.165) is 16.5 Å². The highest BCUT2D eigenvalue weighted by Crippen LogP contribution is 2.42. The zero-order chi connectivity index (χ0) is 23.6. The van der Waals surface area contributed by atoms with Crippen molar-refractivity contribution >= 4 is 16.9 Å². The minimum atomic E-state index is -1.90. The highest BCUT2D eigenvalue weighted by atomic mass is 16.6. The fourth-order valence-corrected chi connectivity index (χ4v) is 4.98. The van der Waals surface area contributed by atoms with Crippen LogP contribution in [-0.2, 0) is 34.8 Å². The van der Waals surface area contributed by atoms with E-state index >= 15 is 0 Å². The number of esters is 1. The summed E-state index contributed by atoms with van der Waals surface area (Å²) in [6.45, 7) is 2.57. The normalized spacial score (nSPS) is 19.6. The van der Waals surface area contributed by atoms with Gasteiger partial charge in [-0.15, -0.1) is 0 Å². The van der Waals surface area contributed by atoms with Crippen molar-refractivity contribution in [3.05, 3.63) is 61.2 Å². The number of carbonyl (C=O) groups is 1. The lowest BCUT2D eigenvalue weighted by Gasteiger charge is -2.31. The lowest BCUT2D eigenvalue weighted by atomic mass is 9.86. The number of nitrogens with zero attached hydrogens (tertiary/aromatic N) is 5. The zero-order valence-electron chi connectivity index (χ0n) is 18.2. The fraction of sp³-hybridized carbons (Fsp3) is 0.348. The third-order valence-corrected chi connectivity index (χ3v) is 6.76. The second-order valence-electron chi connectivity index (χ2n) is 8.42. The molecular formula is C23H19N5O6. The molecule has 1 N–H and O–H groups in total. The molecule has 34 heavy (non-hydrogen) atoms. The van der Waals surface area contributed by atoms with Gasteiger partial charge in [-0.1, -0.05) is 12.0 Å². The number of rotatable bonds is 3. The Hall–Kier alpha value is -4.08. The standard InChI is InChI=1S/C23H19N5O6/c1-2-23(31)15-6-17-20-13(9-28(17)21(29)14(15)10-34-22(23)30)12(8-25-27-24)11-5-18-19(7-16(11)26-20)33-4-3-32-18/h5-7,31H,2-4,8-10H2,1H3/t23-/m0/s1. The second-order valence-corrected chi connectivity index (χ2v) is 8.42.